The van der Waals surface area contributed by atoms with Crippen molar-refractivity contribution in [1.29, 1.82) is 0 Å². The Morgan fingerprint density at radius 3 is 2.75 bits per heavy atom. The maximum absolute atomic E-state index is 13.8. The number of hydrogen-bond acceptors (Lipinski definition) is 4. The summed E-state index contributed by atoms with van der Waals surface area (Å²) in [4.78, 5) is 4.40. The largest absolute Gasteiger partial charge is 0.294 e. The van der Waals surface area contributed by atoms with Crippen LogP contribution in [0.15, 0.2) is 47.6 Å². The highest BCUT2D eigenvalue weighted by molar-refractivity contribution is 7.80. The van der Waals surface area contributed by atoms with E-state index in [1.807, 2.05) is 6.07 Å². The lowest BCUT2D eigenvalue weighted by Crippen LogP contribution is -2.44. The summed E-state index contributed by atoms with van der Waals surface area (Å²) in [6.07, 6.45) is 3.90. The zero-order valence-electron chi connectivity index (χ0n) is 13.1. The van der Waals surface area contributed by atoms with Crippen LogP contribution in [0.1, 0.15) is 18.5 Å². The molecule has 7 heteroatoms. The van der Waals surface area contributed by atoms with Gasteiger partial charge in [0.1, 0.15) is 5.82 Å². The molecule has 0 bridgehead atoms. The number of hydrazine groups is 1. The first-order valence-corrected chi connectivity index (χ1v) is 8.20. The number of pyridine rings is 1. The molecule has 1 fully saturated rings. The van der Waals surface area contributed by atoms with Crippen molar-refractivity contribution in [1.82, 2.24) is 20.8 Å². The lowest BCUT2D eigenvalue weighted by atomic mass is 10.1. The van der Waals surface area contributed by atoms with Gasteiger partial charge in [-0.2, -0.15) is 5.10 Å². The van der Waals surface area contributed by atoms with E-state index >= 15 is 0 Å². The van der Waals surface area contributed by atoms with E-state index in [0.717, 1.165) is 13.1 Å². The summed E-state index contributed by atoms with van der Waals surface area (Å²) in [5, 5.41) is 6.58. The molecule has 0 atom stereocenters. The number of nitrogens with zero attached hydrogens (tertiary/aromatic N) is 3. The minimum atomic E-state index is -0.298. The van der Waals surface area contributed by atoms with Crippen LogP contribution in [0.25, 0.3) is 11.3 Å². The van der Waals surface area contributed by atoms with Crippen LogP contribution in [0.2, 0.25) is 0 Å². The fourth-order valence-corrected chi connectivity index (χ4v) is 2.68. The van der Waals surface area contributed by atoms with Crippen LogP contribution in [0, 0.1) is 5.82 Å². The van der Waals surface area contributed by atoms with Gasteiger partial charge in [-0.25, -0.2) is 14.4 Å². The molecule has 5 nitrogen and oxygen atoms in total. The van der Waals surface area contributed by atoms with Crippen molar-refractivity contribution in [3.63, 3.8) is 0 Å². The van der Waals surface area contributed by atoms with Gasteiger partial charge in [-0.15, -0.1) is 0 Å². The van der Waals surface area contributed by atoms with Crippen molar-refractivity contribution in [2.75, 3.05) is 13.1 Å². The summed E-state index contributed by atoms with van der Waals surface area (Å²) in [5.41, 5.74) is 7.49. The topological polar surface area (TPSA) is 52.6 Å². The quantitative estimate of drug-likeness (QED) is 0.508. The predicted molar refractivity (Wildman–Crippen MR) is 96.9 cm³/mol. The summed E-state index contributed by atoms with van der Waals surface area (Å²) in [6.45, 7) is 1.97. The first-order chi connectivity index (χ1) is 11.7. The fraction of sp³-hybridized carbons (Fsp3) is 0.235. The number of hydrogen-bond donors (Lipinski definition) is 2. The number of rotatable bonds is 4. The van der Waals surface area contributed by atoms with Crippen molar-refractivity contribution < 1.29 is 4.39 Å². The second-order valence-corrected chi connectivity index (χ2v) is 5.84. The van der Waals surface area contributed by atoms with Crippen LogP contribution in [-0.4, -0.2) is 34.4 Å². The summed E-state index contributed by atoms with van der Waals surface area (Å²) in [7, 11) is 0. The lowest BCUT2D eigenvalue weighted by molar-refractivity contribution is 0.294. The van der Waals surface area contributed by atoms with E-state index in [4.69, 9.17) is 12.2 Å². The molecule has 1 aromatic carbocycles. The highest BCUT2D eigenvalue weighted by Gasteiger charge is 2.11. The molecule has 1 aliphatic heterocycles. The summed E-state index contributed by atoms with van der Waals surface area (Å²) in [5.74, 6) is -0.298. The zero-order chi connectivity index (χ0) is 16.8. The molecule has 124 valence electrons. The van der Waals surface area contributed by atoms with Gasteiger partial charge in [0.05, 0.1) is 17.6 Å². The number of aromatic nitrogens is 1. The molecule has 0 unspecified atom stereocenters. The molecule has 2 aromatic rings. The zero-order valence-corrected chi connectivity index (χ0v) is 13.9. The summed E-state index contributed by atoms with van der Waals surface area (Å²) < 4.78 is 13.8. The molecular formula is C17H18FN5S. The van der Waals surface area contributed by atoms with Gasteiger partial charge in [0, 0.05) is 18.7 Å². The Morgan fingerprint density at radius 2 is 1.96 bits per heavy atom. The fourth-order valence-electron chi connectivity index (χ4n) is 2.50. The van der Waals surface area contributed by atoms with Crippen molar-refractivity contribution in [2.45, 2.75) is 12.8 Å². The molecule has 0 spiro atoms. The Kier molecular flexibility index (Phi) is 5.45. The number of halogens is 1. The molecule has 24 heavy (non-hydrogen) atoms. The predicted octanol–water partition coefficient (Wildman–Crippen LogP) is 2.70. The van der Waals surface area contributed by atoms with Crippen LogP contribution < -0.4 is 10.9 Å². The summed E-state index contributed by atoms with van der Waals surface area (Å²) in [6, 6.07) is 11.9. The average molecular weight is 343 g/mol. The second kappa shape index (κ2) is 7.94. The lowest BCUT2D eigenvalue weighted by Gasteiger charge is -2.17. The van der Waals surface area contributed by atoms with Gasteiger partial charge in [0.25, 0.3) is 0 Å². The van der Waals surface area contributed by atoms with Crippen molar-refractivity contribution in [2.24, 2.45) is 5.10 Å². The molecule has 2 N–H and O–H groups in total. The average Bonchev–Trinajstić information content (AvgIpc) is 3.08. The molecule has 1 aromatic heterocycles. The van der Waals surface area contributed by atoms with E-state index in [-0.39, 0.29) is 5.82 Å². The van der Waals surface area contributed by atoms with E-state index in [0.29, 0.717) is 22.1 Å². The highest BCUT2D eigenvalue weighted by atomic mass is 32.1. The van der Waals surface area contributed by atoms with Gasteiger partial charge < -0.3 is 0 Å². The normalized spacial score (nSPS) is 14.9. The van der Waals surface area contributed by atoms with E-state index in [1.165, 1.54) is 18.9 Å². The molecule has 0 amide bonds. The first kappa shape index (κ1) is 16.5. The summed E-state index contributed by atoms with van der Waals surface area (Å²) >= 11 is 5.18. The smallest absolute Gasteiger partial charge is 0.201 e. The molecule has 1 saturated heterocycles. The third-order valence-electron chi connectivity index (χ3n) is 3.65. The molecule has 0 radical (unpaired) electrons. The van der Waals surface area contributed by atoms with E-state index < -0.39 is 0 Å². The minimum Gasteiger partial charge on any atom is -0.294 e. The molecule has 1 aliphatic rings. The van der Waals surface area contributed by atoms with Gasteiger partial charge in [0.2, 0.25) is 5.11 Å². The third-order valence-corrected chi connectivity index (χ3v) is 3.83. The van der Waals surface area contributed by atoms with Crippen molar-refractivity contribution in [3.8, 4) is 11.3 Å². The number of thiocarbonyl (C=S) groups is 1. The third kappa shape index (κ3) is 4.33. The molecule has 2 heterocycles. The Labute approximate surface area is 145 Å². The first-order valence-electron chi connectivity index (χ1n) is 7.79. The van der Waals surface area contributed by atoms with Gasteiger partial charge in [-0.05, 0) is 49.3 Å². The monoisotopic (exact) mass is 343 g/mol. The van der Waals surface area contributed by atoms with Crippen LogP contribution in [0.3, 0.4) is 0 Å². The van der Waals surface area contributed by atoms with Crippen molar-refractivity contribution >= 4 is 23.5 Å². The molecule has 0 saturated carbocycles. The van der Waals surface area contributed by atoms with Crippen molar-refractivity contribution in [3.05, 3.63) is 54.0 Å². The van der Waals surface area contributed by atoms with Crippen LogP contribution in [-0.2, 0) is 0 Å². The minimum absolute atomic E-state index is 0.298. The van der Waals surface area contributed by atoms with E-state index in [9.17, 15) is 4.39 Å². The second-order valence-electron chi connectivity index (χ2n) is 5.43. The number of hydrazone groups is 1. The Morgan fingerprint density at radius 1 is 1.17 bits per heavy atom. The molecule has 3 rings (SSSR count). The van der Waals surface area contributed by atoms with E-state index in [2.05, 4.69) is 25.9 Å². The maximum atomic E-state index is 13.8. The van der Waals surface area contributed by atoms with Gasteiger partial charge in [-0.1, -0.05) is 18.2 Å². The Bertz CT molecular complexity index is 743. The van der Waals surface area contributed by atoms with Crippen LogP contribution >= 0.6 is 12.2 Å². The highest BCUT2D eigenvalue weighted by Crippen LogP contribution is 2.20. The SMILES string of the molecule is Fc1ccccc1-c1cccc(C=NNC(=S)NN2CCCC2)n1. The van der Waals surface area contributed by atoms with Crippen LogP contribution in [0.5, 0.6) is 0 Å². The maximum Gasteiger partial charge on any atom is 0.201 e. The van der Waals surface area contributed by atoms with Gasteiger partial charge in [0.15, 0.2) is 0 Å². The molecular weight excluding hydrogens is 325 g/mol. The number of nitrogens with one attached hydrogen (secondary N) is 2. The van der Waals surface area contributed by atoms with Gasteiger partial charge in [-0.3, -0.25) is 10.9 Å². The van der Waals surface area contributed by atoms with Gasteiger partial charge >= 0.3 is 0 Å². The molecule has 0 aliphatic carbocycles. The number of benzene rings is 1. The van der Waals surface area contributed by atoms with E-state index in [1.54, 1.807) is 36.5 Å². The Hall–Kier alpha value is -2.38. The van der Waals surface area contributed by atoms with Crippen LogP contribution in [0.4, 0.5) is 4.39 Å². The Balaban J connectivity index is 1.62. The standard InChI is InChI=1S/C17H18FN5S/c18-15-8-2-1-7-14(15)16-9-5-6-13(20-16)12-19-21-17(24)22-23-10-3-4-11-23/h1-2,5-9,12H,3-4,10-11H2,(H2,21,22,24).